The van der Waals surface area contributed by atoms with Crippen molar-refractivity contribution in [1.82, 2.24) is 5.06 Å². The summed E-state index contributed by atoms with van der Waals surface area (Å²) in [6, 6.07) is -0.813. The highest BCUT2D eigenvalue weighted by molar-refractivity contribution is 8.14. The van der Waals surface area contributed by atoms with Crippen LogP contribution >= 0.6 is 11.8 Å². The Balaban J connectivity index is 2.09. The first-order valence-electron chi connectivity index (χ1n) is 5.83. The largest absolute Gasteiger partial charge is 0.391 e. The number of aliphatic imine (C=N–C) groups is 1. The summed E-state index contributed by atoms with van der Waals surface area (Å²) in [5, 5.41) is 21.3. The molecule has 1 fully saturated rings. The van der Waals surface area contributed by atoms with Gasteiger partial charge in [-0.25, -0.2) is 5.06 Å². The van der Waals surface area contributed by atoms with Crippen LogP contribution in [0.25, 0.3) is 0 Å². The summed E-state index contributed by atoms with van der Waals surface area (Å²) >= 11 is 1.05. The van der Waals surface area contributed by atoms with E-state index < -0.39 is 42.4 Å². The van der Waals surface area contributed by atoms with E-state index in [4.69, 9.17) is 9.57 Å². The van der Waals surface area contributed by atoms with Crippen molar-refractivity contribution in [3.63, 3.8) is 0 Å². The summed E-state index contributed by atoms with van der Waals surface area (Å²) in [4.78, 5) is 9.02. The fourth-order valence-corrected chi connectivity index (χ4v) is 3.22. The second-order valence-corrected chi connectivity index (χ2v) is 5.61. The van der Waals surface area contributed by atoms with Crippen molar-refractivity contribution in [2.75, 3.05) is 14.2 Å². The zero-order valence-electron chi connectivity index (χ0n) is 10.7. The van der Waals surface area contributed by atoms with Gasteiger partial charge in [0.05, 0.1) is 19.6 Å². The number of hydrogen-bond acceptors (Lipinski definition) is 7. The van der Waals surface area contributed by atoms with Crippen molar-refractivity contribution in [2.24, 2.45) is 4.99 Å². The van der Waals surface area contributed by atoms with Gasteiger partial charge in [-0.1, -0.05) is 11.8 Å². The normalized spacial score (nSPS) is 37.5. The van der Waals surface area contributed by atoms with E-state index in [9.17, 15) is 23.4 Å². The molecule has 0 aromatic rings. The lowest BCUT2D eigenvalue weighted by Gasteiger charge is -2.38. The van der Waals surface area contributed by atoms with Crippen molar-refractivity contribution < 1.29 is 33.0 Å². The Morgan fingerprint density at radius 3 is 2.60 bits per heavy atom. The summed E-state index contributed by atoms with van der Waals surface area (Å²) in [6.07, 6.45) is -10.3. The summed E-state index contributed by atoms with van der Waals surface area (Å²) < 4.78 is 42.5. The zero-order valence-corrected chi connectivity index (χ0v) is 11.6. The maximum absolute atomic E-state index is 12.4. The molecule has 2 N–H and O–H groups in total. The molecule has 5 atom stereocenters. The molecule has 0 aliphatic carbocycles. The molecule has 0 amide bonds. The molecule has 1 saturated heterocycles. The average Bonchev–Trinajstić information content (AvgIpc) is 2.77. The number of thioether (sulfide) groups is 1. The van der Waals surface area contributed by atoms with E-state index in [1.807, 2.05) is 0 Å². The Kier molecular flexibility index (Phi) is 4.50. The van der Waals surface area contributed by atoms with E-state index in [0.29, 0.717) is 5.17 Å². The van der Waals surface area contributed by atoms with Gasteiger partial charge in [-0.2, -0.15) is 13.2 Å². The lowest BCUT2D eigenvalue weighted by molar-refractivity contribution is -0.209. The Hall–Kier alpha value is -0.550. The first-order valence-corrected chi connectivity index (χ1v) is 6.71. The van der Waals surface area contributed by atoms with Crippen LogP contribution in [0, 0.1) is 0 Å². The summed E-state index contributed by atoms with van der Waals surface area (Å²) in [5.41, 5.74) is -0.770. The second-order valence-electron chi connectivity index (χ2n) is 4.54. The van der Waals surface area contributed by atoms with Gasteiger partial charge in [-0.05, 0) is 0 Å². The minimum atomic E-state index is -4.48. The molecule has 10 heteroatoms. The van der Waals surface area contributed by atoms with Gasteiger partial charge < -0.3 is 14.9 Å². The molecule has 2 rings (SSSR count). The van der Waals surface area contributed by atoms with E-state index in [1.165, 1.54) is 12.2 Å². The maximum Gasteiger partial charge on any atom is 0.391 e. The molecule has 116 valence electrons. The third kappa shape index (κ3) is 3.19. The average molecular weight is 316 g/mol. The Labute approximate surface area is 117 Å². The van der Waals surface area contributed by atoms with E-state index in [2.05, 4.69) is 4.99 Å². The van der Waals surface area contributed by atoms with E-state index >= 15 is 0 Å². The molecule has 0 aromatic carbocycles. The van der Waals surface area contributed by atoms with Crippen LogP contribution in [-0.2, 0) is 9.57 Å². The predicted octanol–water partition coefficient (Wildman–Crippen LogP) is 0.350. The van der Waals surface area contributed by atoms with E-state index in [0.717, 1.165) is 11.8 Å². The second kappa shape index (κ2) is 5.68. The van der Waals surface area contributed by atoms with Gasteiger partial charge in [-0.3, -0.25) is 9.83 Å². The van der Waals surface area contributed by atoms with Gasteiger partial charge in [0.1, 0.15) is 23.7 Å². The molecule has 6 nitrogen and oxygen atoms in total. The van der Waals surface area contributed by atoms with Crippen molar-refractivity contribution in [2.45, 2.75) is 42.4 Å². The number of aliphatic hydroxyl groups excluding tert-OH is 2. The first kappa shape index (κ1) is 15.8. The molecule has 2 aliphatic rings. The Bertz CT molecular complexity index is 395. The fraction of sp³-hybridized carbons (Fsp3) is 0.900. The minimum absolute atomic E-state index is 0.376. The quantitative estimate of drug-likeness (QED) is 0.716. The summed E-state index contributed by atoms with van der Waals surface area (Å²) in [6.45, 7) is 0. The van der Waals surface area contributed by atoms with Crippen molar-refractivity contribution in [3.05, 3.63) is 0 Å². The van der Waals surface area contributed by atoms with E-state index in [-0.39, 0.29) is 0 Å². The summed E-state index contributed by atoms with van der Waals surface area (Å²) in [5.74, 6) is 0. The Morgan fingerprint density at radius 2 is 2.05 bits per heavy atom. The van der Waals surface area contributed by atoms with Gasteiger partial charge in [0.15, 0.2) is 5.17 Å². The molecular formula is C10H15F3N2O4S. The number of hydrogen-bond donors (Lipinski definition) is 2. The highest BCUT2D eigenvalue weighted by atomic mass is 32.2. The number of rotatable bonds is 2. The van der Waals surface area contributed by atoms with Crippen molar-refractivity contribution in [3.8, 4) is 0 Å². The van der Waals surface area contributed by atoms with Crippen molar-refractivity contribution in [1.29, 1.82) is 0 Å². The van der Waals surface area contributed by atoms with Gasteiger partial charge in [0.25, 0.3) is 0 Å². The molecular weight excluding hydrogens is 301 g/mol. The third-order valence-electron chi connectivity index (χ3n) is 3.13. The van der Waals surface area contributed by atoms with Crippen LogP contribution in [-0.4, -0.2) is 70.6 Å². The maximum atomic E-state index is 12.4. The van der Waals surface area contributed by atoms with Crippen LogP contribution in [0.1, 0.15) is 6.42 Å². The predicted molar refractivity (Wildman–Crippen MR) is 64.9 cm³/mol. The topological polar surface area (TPSA) is 74.5 Å². The molecule has 0 saturated carbocycles. The number of amidine groups is 1. The number of fused-ring (bicyclic) bond motifs is 1. The molecule has 0 spiro atoms. The van der Waals surface area contributed by atoms with Crippen LogP contribution < -0.4 is 0 Å². The molecule has 0 radical (unpaired) electrons. The first-order chi connectivity index (χ1) is 9.23. The van der Waals surface area contributed by atoms with Crippen LogP contribution in [0.3, 0.4) is 0 Å². The Morgan fingerprint density at radius 1 is 1.40 bits per heavy atom. The lowest BCUT2D eigenvalue weighted by atomic mass is 9.96. The van der Waals surface area contributed by atoms with Crippen LogP contribution in [0.15, 0.2) is 4.99 Å². The summed E-state index contributed by atoms with van der Waals surface area (Å²) in [7, 11) is 2.98. The van der Waals surface area contributed by atoms with E-state index in [1.54, 1.807) is 7.05 Å². The van der Waals surface area contributed by atoms with Crippen LogP contribution in [0.5, 0.6) is 0 Å². The number of ether oxygens (including phenoxy) is 1. The van der Waals surface area contributed by atoms with Gasteiger partial charge in [-0.15, -0.1) is 0 Å². The van der Waals surface area contributed by atoms with Gasteiger partial charge in [0.2, 0.25) is 0 Å². The fourth-order valence-electron chi connectivity index (χ4n) is 2.04. The molecule has 0 aromatic heterocycles. The monoisotopic (exact) mass is 316 g/mol. The van der Waals surface area contributed by atoms with Crippen LogP contribution in [0.4, 0.5) is 13.2 Å². The molecule has 20 heavy (non-hydrogen) atoms. The standard InChI is InChI=1S/C10H15F3N2O4S/c1-15(18-2)9-14-5-7(17)6(16)4(3-10(11,12)13)19-8(5)20-9/h4-8,16-17H,3H2,1-2H3/t4-,5-,6-,7-,8-/m1/s1. The lowest BCUT2D eigenvalue weighted by Crippen LogP contribution is -2.55. The zero-order chi connectivity index (χ0) is 15.1. The number of hydroxylamine groups is 2. The molecule has 2 heterocycles. The van der Waals surface area contributed by atoms with Gasteiger partial charge >= 0.3 is 6.18 Å². The highest BCUT2D eigenvalue weighted by Gasteiger charge is 2.51. The molecule has 0 bridgehead atoms. The molecule has 2 aliphatic heterocycles. The third-order valence-corrected chi connectivity index (χ3v) is 4.32. The smallest absolute Gasteiger partial charge is 0.388 e. The number of nitrogens with zero attached hydrogens (tertiary/aromatic N) is 2. The van der Waals surface area contributed by atoms with Gasteiger partial charge in [0, 0.05) is 7.05 Å². The van der Waals surface area contributed by atoms with Crippen molar-refractivity contribution >= 4 is 16.9 Å². The highest BCUT2D eigenvalue weighted by Crippen LogP contribution is 2.39. The minimum Gasteiger partial charge on any atom is -0.388 e. The van der Waals surface area contributed by atoms with Crippen LogP contribution in [0.2, 0.25) is 0 Å². The number of aliphatic hydroxyl groups is 2. The molecule has 0 unspecified atom stereocenters. The number of halogens is 3. The number of alkyl halides is 3. The SMILES string of the molecule is CON(C)C1=N[C@@H]2[C@@H](O)[C@H](O)[C@@H](CC(F)(F)F)O[C@@H]2S1.